The lowest BCUT2D eigenvalue weighted by molar-refractivity contribution is 0.178. The summed E-state index contributed by atoms with van der Waals surface area (Å²) in [6.07, 6.45) is 3.90. The number of H-pyrrole nitrogens is 1. The van der Waals surface area contributed by atoms with Gasteiger partial charge in [0.15, 0.2) is 11.5 Å². The number of nitrogens with zero attached hydrogens (tertiary/aromatic N) is 3. The zero-order chi connectivity index (χ0) is 12.1. The zero-order valence-electron chi connectivity index (χ0n) is 9.68. The third kappa shape index (κ3) is 2.89. The highest BCUT2D eigenvalue weighted by Crippen LogP contribution is 2.13. The lowest BCUT2D eigenvalue weighted by Gasteiger charge is -2.11. The monoisotopic (exact) mass is 236 g/mol. The van der Waals surface area contributed by atoms with Crippen molar-refractivity contribution in [3.05, 3.63) is 12.7 Å². The van der Waals surface area contributed by atoms with Gasteiger partial charge in [-0.25, -0.2) is 15.0 Å². The van der Waals surface area contributed by atoms with Gasteiger partial charge in [0, 0.05) is 19.7 Å². The number of aromatic nitrogens is 4. The maximum absolute atomic E-state index is 5.82. The van der Waals surface area contributed by atoms with E-state index in [1.807, 2.05) is 0 Å². The lowest BCUT2D eigenvalue weighted by Crippen LogP contribution is -2.28. The molecule has 0 fully saturated rings. The van der Waals surface area contributed by atoms with E-state index in [9.17, 15) is 0 Å². The van der Waals surface area contributed by atoms with Crippen LogP contribution in [-0.4, -0.2) is 46.2 Å². The summed E-state index contributed by atoms with van der Waals surface area (Å²) in [5.74, 6) is 0.747. The van der Waals surface area contributed by atoms with Crippen LogP contribution in [0.3, 0.4) is 0 Å². The number of ether oxygens (including phenoxy) is 1. The molecule has 2 heterocycles. The first-order valence-corrected chi connectivity index (χ1v) is 5.43. The molecule has 7 heteroatoms. The van der Waals surface area contributed by atoms with E-state index in [0.29, 0.717) is 12.3 Å². The van der Waals surface area contributed by atoms with E-state index in [1.165, 1.54) is 6.33 Å². The largest absolute Gasteiger partial charge is 0.383 e. The molecule has 92 valence electrons. The highest BCUT2D eigenvalue weighted by atomic mass is 16.5. The van der Waals surface area contributed by atoms with Crippen LogP contribution in [0.5, 0.6) is 0 Å². The molecule has 0 saturated carbocycles. The molecule has 2 rings (SSSR count). The van der Waals surface area contributed by atoms with Crippen molar-refractivity contribution in [2.75, 3.05) is 25.6 Å². The summed E-state index contributed by atoms with van der Waals surface area (Å²) in [5, 5.41) is 3.21. The van der Waals surface area contributed by atoms with Gasteiger partial charge in [0.1, 0.15) is 11.8 Å². The number of imidazole rings is 1. The van der Waals surface area contributed by atoms with Gasteiger partial charge in [-0.15, -0.1) is 0 Å². The second-order valence-corrected chi connectivity index (χ2v) is 3.75. The van der Waals surface area contributed by atoms with Crippen molar-refractivity contribution in [3.63, 3.8) is 0 Å². The average molecular weight is 236 g/mol. The van der Waals surface area contributed by atoms with Crippen LogP contribution in [0.15, 0.2) is 12.7 Å². The number of anilines is 1. The first kappa shape index (κ1) is 11.7. The summed E-state index contributed by atoms with van der Waals surface area (Å²) in [6, 6.07) is 0.0339. The van der Waals surface area contributed by atoms with Crippen LogP contribution in [0.4, 0.5) is 5.82 Å². The fourth-order valence-corrected chi connectivity index (χ4v) is 1.57. The molecule has 0 amide bonds. The molecular weight excluding hydrogens is 220 g/mol. The van der Waals surface area contributed by atoms with E-state index in [0.717, 1.165) is 24.3 Å². The topological polar surface area (TPSA) is 102 Å². The predicted molar refractivity (Wildman–Crippen MR) is 64.6 cm³/mol. The standard InChI is InChI=1S/C10H16N6O/c1-17-4-7(11)2-3-12-9-8-10(14-5-13-8)16-6-15-9/h5-7H,2-4,11H2,1H3,(H2,12,13,14,15,16). The van der Waals surface area contributed by atoms with Gasteiger partial charge < -0.3 is 20.8 Å². The molecule has 0 radical (unpaired) electrons. The number of nitrogens with one attached hydrogen (secondary N) is 2. The number of fused-ring (bicyclic) bond motifs is 1. The third-order valence-corrected chi connectivity index (χ3v) is 2.41. The minimum atomic E-state index is 0.0339. The molecule has 0 aromatic carbocycles. The van der Waals surface area contributed by atoms with Crippen molar-refractivity contribution in [1.29, 1.82) is 0 Å². The molecular formula is C10H16N6O. The Hall–Kier alpha value is -1.73. The van der Waals surface area contributed by atoms with E-state index in [4.69, 9.17) is 10.5 Å². The molecule has 0 aliphatic heterocycles. The van der Waals surface area contributed by atoms with Gasteiger partial charge in [-0.1, -0.05) is 0 Å². The minimum absolute atomic E-state index is 0.0339. The Labute approximate surface area is 98.8 Å². The Morgan fingerprint density at radius 1 is 1.47 bits per heavy atom. The Morgan fingerprint density at radius 2 is 2.35 bits per heavy atom. The fraction of sp³-hybridized carbons (Fsp3) is 0.500. The maximum atomic E-state index is 5.82. The van der Waals surface area contributed by atoms with E-state index in [-0.39, 0.29) is 6.04 Å². The van der Waals surface area contributed by atoms with E-state index < -0.39 is 0 Å². The van der Waals surface area contributed by atoms with Gasteiger partial charge in [0.25, 0.3) is 0 Å². The second kappa shape index (κ2) is 5.55. The van der Waals surface area contributed by atoms with Crippen molar-refractivity contribution in [2.45, 2.75) is 12.5 Å². The fourth-order valence-electron chi connectivity index (χ4n) is 1.57. The number of hydrogen-bond acceptors (Lipinski definition) is 6. The number of methoxy groups -OCH3 is 1. The lowest BCUT2D eigenvalue weighted by atomic mass is 10.2. The second-order valence-electron chi connectivity index (χ2n) is 3.75. The predicted octanol–water partition coefficient (Wildman–Crippen LogP) is 0.129. The highest BCUT2D eigenvalue weighted by molar-refractivity contribution is 5.81. The molecule has 0 saturated heterocycles. The van der Waals surface area contributed by atoms with Crippen LogP contribution in [0.2, 0.25) is 0 Å². The summed E-state index contributed by atoms with van der Waals surface area (Å²) in [7, 11) is 1.64. The summed E-state index contributed by atoms with van der Waals surface area (Å²) in [4.78, 5) is 15.3. The summed E-state index contributed by atoms with van der Waals surface area (Å²) < 4.78 is 4.97. The van der Waals surface area contributed by atoms with Gasteiger partial charge in [-0.3, -0.25) is 0 Å². The van der Waals surface area contributed by atoms with Crippen molar-refractivity contribution >= 4 is 17.0 Å². The number of nitrogens with two attached hydrogens (primary N) is 1. The van der Waals surface area contributed by atoms with Crippen LogP contribution >= 0.6 is 0 Å². The van der Waals surface area contributed by atoms with Crippen LogP contribution in [-0.2, 0) is 4.74 Å². The molecule has 1 unspecified atom stereocenters. The van der Waals surface area contributed by atoms with Crippen LogP contribution in [0, 0.1) is 0 Å². The van der Waals surface area contributed by atoms with Crippen LogP contribution in [0.1, 0.15) is 6.42 Å². The Morgan fingerprint density at radius 3 is 3.18 bits per heavy atom. The molecule has 1 atom stereocenters. The SMILES string of the molecule is COCC(N)CCNc1ncnc2nc[nH]c12. The maximum Gasteiger partial charge on any atom is 0.182 e. The average Bonchev–Trinajstić information content (AvgIpc) is 2.78. The smallest absolute Gasteiger partial charge is 0.182 e. The quantitative estimate of drug-likeness (QED) is 0.659. The Bertz CT molecular complexity index is 471. The minimum Gasteiger partial charge on any atom is -0.383 e. The normalized spacial score (nSPS) is 12.8. The zero-order valence-corrected chi connectivity index (χ0v) is 9.68. The van der Waals surface area contributed by atoms with Crippen molar-refractivity contribution in [3.8, 4) is 0 Å². The van der Waals surface area contributed by atoms with Crippen LogP contribution in [0.25, 0.3) is 11.2 Å². The number of hydrogen-bond donors (Lipinski definition) is 3. The van der Waals surface area contributed by atoms with Gasteiger partial charge in [-0.05, 0) is 6.42 Å². The summed E-state index contributed by atoms with van der Waals surface area (Å²) in [5.41, 5.74) is 7.29. The molecule has 17 heavy (non-hydrogen) atoms. The highest BCUT2D eigenvalue weighted by Gasteiger charge is 2.06. The van der Waals surface area contributed by atoms with Gasteiger partial charge in [0.05, 0.1) is 12.9 Å². The molecule has 0 spiro atoms. The van der Waals surface area contributed by atoms with Gasteiger partial charge in [-0.2, -0.15) is 0 Å². The Kier molecular flexibility index (Phi) is 3.84. The van der Waals surface area contributed by atoms with E-state index >= 15 is 0 Å². The third-order valence-electron chi connectivity index (χ3n) is 2.41. The molecule has 0 bridgehead atoms. The number of aromatic amines is 1. The number of rotatable bonds is 6. The molecule has 0 aliphatic carbocycles. The molecule has 7 nitrogen and oxygen atoms in total. The van der Waals surface area contributed by atoms with Gasteiger partial charge >= 0.3 is 0 Å². The first-order valence-electron chi connectivity index (χ1n) is 5.43. The summed E-state index contributed by atoms with van der Waals surface area (Å²) in [6.45, 7) is 1.29. The summed E-state index contributed by atoms with van der Waals surface area (Å²) >= 11 is 0. The molecule has 2 aromatic rings. The van der Waals surface area contributed by atoms with Crippen LogP contribution < -0.4 is 11.1 Å². The van der Waals surface area contributed by atoms with E-state index in [2.05, 4.69) is 25.3 Å². The van der Waals surface area contributed by atoms with Crippen molar-refractivity contribution in [1.82, 2.24) is 19.9 Å². The first-order chi connectivity index (χ1) is 8.31. The van der Waals surface area contributed by atoms with Crippen molar-refractivity contribution in [2.24, 2.45) is 5.73 Å². The van der Waals surface area contributed by atoms with Crippen molar-refractivity contribution < 1.29 is 4.74 Å². The molecule has 0 aliphatic rings. The van der Waals surface area contributed by atoms with Gasteiger partial charge in [0.2, 0.25) is 0 Å². The Balaban J connectivity index is 1.92. The van der Waals surface area contributed by atoms with E-state index in [1.54, 1.807) is 13.4 Å². The molecule has 4 N–H and O–H groups in total. The molecule has 2 aromatic heterocycles.